The Labute approximate surface area is 118 Å². The fourth-order valence-electron chi connectivity index (χ4n) is 1.65. The molecule has 1 heterocycles. The van der Waals surface area contributed by atoms with Gasteiger partial charge in [0.15, 0.2) is 0 Å². The Hall–Kier alpha value is -1.39. The van der Waals surface area contributed by atoms with Crippen molar-refractivity contribution in [2.45, 2.75) is 32.9 Å². The fourth-order valence-corrected chi connectivity index (χ4v) is 2.39. The zero-order valence-electron chi connectivity index (χ0n) is 11.9. The lowest BCUT2D eigenvalue weighted by molar-refractivity contribution is 0.415. The molecule has 0 radical (unpaired) electrons. The number of hydrogen-bond acceptors (Lipinski definition) is 4. The van der Waals surface area contributed by atoms with Crippen LogP contribution in [0.25, 0.3) is 11.3 Å². The molecular formula is C15H20N2OS. The van der Waals surface area contributed by atoms with Gasteiger partial charge >= 0.3 is 0 Å². The highest BCUT2D eigenvalue weighted by Gasteiger charge is 2.11. The summed E-state index contributed by atoms with van der Waals surface area (Å²) in [5.74, 6) is 0.861. The molecule has 102 valence electrons. The van der Waals surface area contributed by atoms with Crippen LogP contribution in [0.2, 0.25) is 0 Å². The molecule has 0 amide bonds. The Morgan fingerprint density at radius 3 is 2.79 bits per heavy atom. The van der Waals surface area contributed by atoms with Crippen LogP contribution in [0.15, 0.2) is 29.6 Å². The molecule has 1 N–H and O–H groups in total. The molecule has 0 spiro atoms. The van der Waals surface area contributed by atoms with Gasteiger partial charge in [-0.1, -0.05) is 12.1 Å². The van der Waals surface area contributed by atoms with Gasteiger partial charge in [0.25, 0.3) is 0 Å². The van der Waals surface area contributed by atoms with Gasteiger partial charge in [-0.05, 0) is 32.9 Å². The number of aromatic nitrogens is 1. The van der Waals surface area contributed by atoms with Crippen molar-refractivity contribution >= 4 is 11.3 Å². The van der Waals surface area contributed by atoms with E-state index in [1.807, 2.05) is 18.2 Å². The van der Waals surface area contributed by atoms with Gasteiger partial charge in [-0.3, -0.25) is 0 Å². The molecule has 0 fully saturated rings. The second-order valence-corrected chi connectivity index (χ2v) is 6.40. The summed E-state index contributed by atoms with van der Waals surface area (Å²) >= 11 is 1.68. The SMILES string of the molecule is COc1cccc(-c2csc(CNC(C)(C)C)n2)c1. The summed E-state index contributed by atoms with van der Waals surface area (Å²) < 4.78 is 5.24. The molecule has 0 saturated heterocycles. The van der Waals surface area contributed by atoms with Crippen LogP contribution in [0.5, 0.6) is 5.75 Å². The smallest absolute Gasteiger partial charge is 0.119 e. The summed E-state index contributed by atoms with van der Waals surface area (Å²) in [5.41, 5.74) is 2.22. The summed E-state index contributed by atoms with van der Waals surface area (Å²) in [6, 6.07) is 7.99. The lowest BCUT2D eigenvalue weighted by Crippen LogP contribution is -2.34. The van der Waals surface area contributed by atoms with Crippen LogP contribution in [-0.2, 0) is 6.54 Å². The minimum absolute atomic E-state index is 0.113. The highest BCUT2D eigenvalue weighted by atomic mass is 32.1. The number of nitrogens with one attached hydrogen (secondary N) is 1. The van der Waals surface area contributed by atoms with Crippen molar-refractivity contribution in [2.24, 2.45) is 0 Å². The van der Waals surface area contributed by atoms with Crippen molar-refractivity contribution < 1.29 is 4.74 Å². The first-order valence-corrected chi connectivity index (χ1v) is 7.20. The first-order valence-electron chi connectivity index (χ1n) is 6.32. The molecule has 1 aromatic carbocycles. The van der Waals surface area contributed by atoms with Crippen LogP contribution in [-0.4, -0.2) is 17.6 Å². The van der Waals surface area contributed by atoms with Crippen LogP contribution in [0.1, 0.15) is 25.8 Å². The fraction of sp³-hybridized carbons (Fsp3) is 0.400. The van der Waals surface area contributed by atoms with Crippen molar-refractivity contribution in [3.63, 3.8) is 0 Å². The normalized spacial score (nSPS) is 11.6. The average Bonchev–Trinajstić information content (AvgIpc) is 2.84. The summed E-state index contributed by atoms with van der Waals surface area (Å²) in [6.45, 7) is 7.27. The van der Waals surface area contributed by atoms with Crippen LogP contribution >= 0.6 is 11.3 Å². The van der Waals surface area contributed by atoms with Gasteiger partial charge in [0, 0.05) is 23.0 Å². The molecule has 19 heavy (non-hydrogen) atoms. The van der Waals surface area contributed by atoms with Gasteiger partial charge in [-0.15, -0.1) is 11.3 Å². The quantitative estimate of drug-likeness (QED) is 0.924. The number of methoxy groups -OCH3 is 1. The Balaban J connectivity index is 2.12. The molecule has 0 atom stereocenters. The summed E-state index contributed by atoms with van der Waals surface area (Å²) in [5, 5.41) is 6.64. The Bertz CT molecular complexity index is 543. The minimum Gasteiger partial charge on any atom is -0.497 e. The molecule has 0 aliphatic rings. The van der Waals surface area contributed by atoms with Gasteiger partial charge in [0.05, 0.1) is 12.8 Å². The summed E-state index contributed by atoms with van der Waals surface area (Å²) in [6.07, 6.45) is 0. The van der Waals surface area contributed by atoms with Gasteiger partial charge in [0.2, 0.25) is 0 Å². The van der Waals surface area contributed by atoms with Crippen LogP contribution < -0.4 is 10.1 Å². The van der Waals surface area contributed by atoms with Gasteiger partial charge in [-0.25, -0.2) is 4.98 Å². The molecule has 1 aromatic heterocycles. The van der Waals surface area contributed by atoms with Crippen LogP contribution in [0, 0.1) is 0 Å². The van der Waals surface area contributed by atoms with Gasteiger partial charge in [-0.2, -0.15) is 0 Å². The van der Waals surface area contributed by atoms with E-state index in [9.17, 15) is 0 Å². The van der Waals surface area contributed by atoms with E-state index in [1.165, 1.54) is 0 Å². The molecule has 0 aliphatic carbocycles. The number of ether oxygens (including phenoxy) is 1. The van der Waals surface area contributed by atoms with Crippen molar-refractivity contribution in [3.8, 4) is 17.0 Å². The summed E-state index contributed by atoms with van der Waals surface area (Å²) in [7, 11) is 1.68. The molecule has 0 unspecified atom stereocenters. The number of nitrogens with zero attached hydrogens (tertiary/aromatic N) is 1. The number of thiazole rings is 1. The van der Waals surface area contributed by atoms with E-state index in [0.29, 0.717) is 0 Å². The third-order valence-electron chi connectivity index (χ3n) is 2.69. The van der Waals surface area contributed by atoms with Gasteiger partial charge in [0.1, 0.15) is 10.8 Å². The molecule has 2 rings (SSSR count). The largest absolute Gasteiger partial charge is 0.497 e. The standard InChI is InChI=1S/C15H20N2OS/c1-15(2,3)16-9-14-17-13(10-19-14)11-6-5-7-12(8-11)18-4/h5-8,10,16H,9H2,1-4H3. The molecule has 4 heteroatoms. The molecular weight excluding hydrogens is 256 g/mol. The summed E-state index contributed by atoms with van der Waals surface area (Å²) in [4.78, 5) is 4.66. The maximum absolute atomic E-state index is 5.24. The molecule has 2 aromatic rings. The highest BCUT2D eigenvalue weighted by molar-refractivity contribution is 7.09. The predicted octanol–water partition coefficient (Wildman–Crippen LogP) is 3.71. The van der Waals surface area contributed by atoms with E-state index < -0.39 is 0 Å². The number of benzene rings is 1. The Kier molecular flexibility index (Phi) is 4.22. The third kappa shape index (κ3) is 4.04. The van der Waals surface area contributed by atoms with E-state index in [1.54, 1.807) is 18.4 Å². The average molecular weight is 276 g/mol. The first-order chi connectivity index (χ1) is 8.98. The van der Waals surface area contributed by atoms with E-state index in [-0.39, 0.29) is 5.54 Å². The molecule has 3 nitrogen and oxygen atoms in total. The van der Waals surface area contributed by atoms with Crippen LogP contribution in [0.4, 0.5) is 0 Å². The lowest BCUT2D eigenvalue weighted by Gasteiger charge is -2.19. The van der Waals surface area contributed by atoms with E-state index in [4.69, 9.17) is 4.74 Å². The van der Waals surface area contributed by atoms with E-state index in [0.717, 1.165) is 28.6 Å². The topological polar surface area (TPSA) is 34.1 Å². The third-order valence-corrected chi connectivity index (χ3v) is 3.54. The zero-order valence-corrected chi connectivity index (χ0v) is 12.7. The number of rotatable bonds is 4. The highest BCUT2D eigenvalue weighted by Crippen LogP contribution is 2.25. The molecule has 0 saturated carbocycles. The van der Waals surface area contributed by atoms with E-state index >= 15 is 0 Å². The second-order valence-electron chi connectivity index (χ2n) is 5.46. The Morgan fingerprint density at radius 2 is 2.11 bits per heavy atom. The minimum atomic E-state index is 0.113. The lowest BCUT2D eigenvalue weighted by atomic mass is 10.1. The Morgan fingerprint density at radius 1 is 1.32 bits per heavy atom. The van der Waals surface area contributed by atoms with Crippen LogP contribution in [0.3, 0.4) is 0 Å². The van der Waals surface area contributed by atoms with Crippen molar-refractivity contribution in [3.05, 3.63) is 34.7 Å². The van der Waals surface area contributed by atoms with Crippen molar-refractivity contribution in [2.75, 3.05) is 7.11 Å². The first kappa shape index (κ1) is 14.0. The van der Waals surface area contributed by atoms with Gasteiger partial charge < -0.3 is 10.1 Å². The predicted molar refractivity (Wildman–Crippen MR) is 80.7 cm³/mol. The zero-order chi connectivity index (χ0) is 13.9. The van der Waals surface area contributed by atoms with E-state index in [2.05, 4.69) is 42.5 Å². The van der Waals surface area contributed by atoms with Crippen molar-refractivity contribution in [1.29, 1.82) is 0 Å². The second kappa shape index (κ2) is 5.72. The maximum Gasteiger partial charge on any atom is 0.119 e. The number of hydrogen-bond donors (Lipinski definition) is 1. The van der Waals surface area contributed by atoms with Crippen molar-refractivity contribution in [1.82, 2.24) is 10.3 Å². The monoisotopic (exact) mass is 276 g/mol. The maximum atomic E-state index is 5.24. The molecule has 0 aliphatic heterocycles. The molecule has 0 bridgehead atoms.